The molecule has 0 unspecified atom stereocenters. The Bertz CT molecular complexity index is 366. The smallest absolute Gasteiger partial charge is 0.232 e. The minimum atomic E-state index is 0.442. The monoisotopic (exact) mass is 254 g/mol. The van der Waals surface area contributed by atoms with E-state index in [1.165, 1.54) is 0 Å². The molecule has 1 aromatic heterocycles. The molecule has 0 amide bonds. The maximum Gasteiger partial charge on any atom is 0.232 e. The van der Waals surface area contributed by atoms with Crippen LogP contribution in [0.5, 0.6) is 5.88 Å². The molecule has 1 N–H and O–H groups in total. The van der Waals surface area contributed by atoms with E-state index in [-0.39, 0.29) is 0 Å². The number of pyridine rings is 1. The maximum atomic E-state index is 6.08. The van der Waals surface area contributed by atoms with Gasteiger partial charge in [-0.25, -0.2) is 4.98 Å². The third-order valence-corrected chi connectivity index (χ3v) is 2.41. The third-order valence-electron chi connectivity index (χ3n) is 2.14. The quantitative estimate of drug-likeness (QED) is 0.599. The zero-order valence-electron chi connectivity index (χ0n) is 10.4. The molecule has 0 bridgehead atoms. The number of halogens is 1. The Balaban J connectivity index is 2.56. The highest BCUT2D eigenvalue weighted by Crippen LogP contribution is 2.22. The lowest BCUT2D eigenvalue weighted by molar-refractivity contribution is 0.312. The molecule has 0 aromatic carbocycles. The zero-order chi connectivity index (χ0) is 12.7. The van der Waals surface area contributed by atoms with Gasteiger partial charge in [-0.3, -0.25) is 0 Å². The highest BCUT2D eigenvalue weighted by molar-refractivity contribution is 6.31. The zero-order valence-corrected chi connectivity index (χ0v) is 11.1. The predicted molar refractivity (Wildman–Crippen MR) is 71.5 cm³/mol. The highest BCUT2D eigenvalue weighted by Gasteiger charge is 2.05. The molecule has 17 heavy (non-hydrogen) atoms. The number of rotatable bonds is 7. The van der Waals surface area contributed by atoms with Gasteiger partial charge in [-0.15, -0.1) is 6.58 Å². The lowest BCUT2D eigenvalue weighted by atomic mass is 10.2. The van der Waals surface area contributed by atoms with Crippen LogP contribution in [0.4, 0.5) is 0 Å². The Hall–Kier alpha value is -1.06. The van der Waals surface area contributed by atoms with E-state index in [1.807, 2.05) is 6.07 Å². The van der Waals surface area contributed by atoms with Crippen LogP contribution in [-0.2, 0) is 6.54 Å². The van der Waals surface area contributed by atoms with E-state index in [1.54, 1.807) is 12.3 Å². The van der Waals surface area contributed by atoms with Crippen LogP contribution in [0.1, 0.15) is 25.8 Å². The van der Waals surface area contributed by atoms with Gasteiger partial charge in [0.05, 0.1) is 6.61 Å². The van der Waals surface area contributed by atoms with Crippen LogP contribution in [0.3, 0.4) is 0 Å². The van der Waals surface area contributed by atoms with Gasteiger partial charge in [-0.2, -0.15) is 0 Å². The first-order valence-corrected chi connectivity index (χ1v) is 6.12. The average molecular weight is 255 g/mol. The van der Waals surface area contributed by atoms with E-state index < -0.39 is 0 Å². The summed E-state index contributed by atoms with van der Waals surface area (Å²) in [4.78, 5) is 4.20. The van der Waals surface area contributed by atoms with Gasteiger partial charge in [0.2, 0.25) is 5.88 Å². The van der Waals surface area contributed by atoms with Crippen LogP contribution < -0.4 is 10.1 Å². The summed E-state index contributed by atoms with van der Waals surface area (Å²) >= 11 is 6.08. The van der Waals surface area contributed by atoms with Gasteiger partial charge in [0.1, 0.15) is 5.02 Å². The fourth-order valence-corrected chi connectivity index (χ4v) is 1.47. The molecule has 4 heteroatoms. The summed E-state index contributed by atoms with van der Waals surface area (Å²) in [5.74, 6) is 0.488. The first-order valence-electron chi connectivity index (χ1n) is 5.75. The molecule has 0 saturated heterocycles. The Morgan fingerprint density at radius 3 is 2.94 bits per heavy atom. The molecule has 0 fully saturated rings. The van der Waals surface area contributed by atoms with Crippen LogP contribution in [0.25, 0.3) is 0 Å². The summed E-state index contributed by atoms with van der Waals surface area (Å²) in [6.45, 7) is 9.14. The van der Waals surface area contributed by atoms with Crippen molar-refractivity contribution in [2.75, 3.05) is 6.61 Å². The number of hydrogen-bond acceptors (Lipinski definition) is 3. The average Bonchev–Trinajstić information content (AvgIpc) is 2.29. The predicted octanol–water partition coefficient (Wildman–Crippen LogP) is 3.19. The summed E-state index contributed by atoms with van der Waals surface area (Å²) in [6, 6.07) is 2.32. The van der Waals surface area contributed by atoms with Crippen molar-refractivity contribution in [2.24, 2.45) is 0 Å². The van der Waals surface area contributed by atoms with Gasteiger partial charge in [0, 0.05) is 18.8 Å². The van der Waals surface area contributed by atoms with Gasteiger partial charge in [-0.1, -0.05) is 31.5 Å². The summed E-state index contributed by atoms with van der Waals surface area (Å²) < 4.78 is 5.42. The van der Waals surface area contributed by atoms with Gasteiger partial charge in [-0.05, 0) is 18.1 Å². The van der Waals surface area contributed by atoms with Gasteiger partial charge in [0.15, 0.2) is 0 Å². The molecule has 94 valence electrons. The summed E-state index contributed by atoms with van der Waals surface area (Å²) in [5.41, 5.74) is 1.06. The molecule has 0 aliphatic rings. The molecule has 1 rings (SSSR count). The summed E-state index contributed by atoms with van der Waals surface area (Å²) in [5, 5.41) is 3.86. The number of nitrogens with zero attached hydrogens (tertiary/aromatic N) is 1. The van der Waals surface area contributed by atoms with Crippen LogP contribution >= 0.6 is 11.6 Å². The first kappa shape index (κ1) is 14.0. The SMILES string of the molecule is C=CCCOc1ncc(CNC(C)C)cc1Cl. The molecule has 0 aliphatic carbocycles. The van der Waals surface area contributed by atoms with Gasteiger partial charge >= 0.3 is 0 Å². The normalized spacial score (nSPS) is 10.6. The molecule has 1 heterocycles. The molecule has 0 radical (unpaired) electrons. The highest BCUT2D eigenvalue weighted by atomic mass is 35.5. The van der Waals surface area contributed by atoms with Crippen LogP contribution in [-0.4, -0.2) is 17.6 Å². The van der Waals surface area contributed by atoms with Crippen molar-refractivity contribution in [3.63, 3.8) is 0 Å². The van der Waals surface area contributed by atoms with Crippen molar-refractivity contribution in [1.29, 1.82) is 0 Å². The van der Waals surface area contributed by atoms with E-state index in [9.17, 15) is 0 Å². The molecule has 3 nitrogen and oxygen atoms in total. The molecular weight excluding hydrogens is 236 g/mol. The second-order valence-corrected chi connectivity index (χ2v) is 4.50. The molecule has 0 atom stereocenters. The van der Waals surface area contributed by atoms with E-state index in [2.05, 4.69) is 30.7 Å². The van der Waals surface area contributed by atoms with Crippen LogP contribution in [0.2, 0.25) is 5.02 Å². The van der Waals surface area contributed by atoms with Gasteiger partial charge in [0.25, 0.3) is 0 Å². The Kier molecular flexibility index (Phi) is 6.01. The fourth-order valence-electron chi connectivity index (χ4n) is 1.23. The second kappa shape index (κ2) is 7.30. The Morgan fingerprint density at radius 1 is 1.59 bits per heavy atom. The van der Waals surface area contributed by atoms with Crippen LogP contribution in [0.15, 0.2) is 24.9 Å². The topological polar surface area (TPSA) is 34.1 Å². The van der Waals surface area contributed by atoms with Gasteiger partial charge < -0.3 is 10.1 Å². The summed E-state index contributed by atoms with van der Waals surface area (Å²) in [7, 11) is 0. The number of nitrogens with one attached hydrogen (secondary N) is 1. The number of aromatic nitrogens is 1. The van der Waals surface area contributed by atoms with Crippen molar-refractivity contribution in [3.05, 3.63) is 35.5 Å². The largest absolute Gasteiger partial charge is 0.476 e. The van der Waals surface area contributed by atoms with E-state index in [4.69, 9.17) is 16.3 Å². The third kappa shape index (κ3) is 5.20. The lowest BCUT2D eigenvalue weighted by Gasteiger charge is -2.10. The fraction of sp³-hybridized carbons (Fsp3) is 0.462. The van der Waals surface area contributed by atoms with Crippen molar-refractivity contribution in [2.45, 2.75) is 32.9 Å². The first-order chi connectivity index (χ1) is 8.13. The maximum absolute atomic E-state index is 6.08. The number of hydrogen-bond donors (Lipinski definition) is 1. The standard InChI is InChI=1S/C13H19ClN2O/c1-4-5-6-17-13-12(14)7-11(9-16-13)8-15-10(2)3/h4,7,9-10,15H,1,5-6,8H2,2-3H3. The van der Waals surface area contributed by atoms with Crippen molar-refractivity contribution in [3.8, 4) is 5.88 Å². The Morgan fingerprint density at radius 2 is 2.35 bits per heavy atom. The minimum Gasteiger partial charge on any atom is -0.476 e. The van der Waals surface area contributed by atoms with Crippen molar-refractivity contribution in [1.82, 2.24) is 10.3 Å². The van der Waals surface area contributed by atoms with Crippen LogP contribution in [0, 0.1) is 0 Å². The molecule has 0 saturated carbocycles. The van der Waals surface area contributed by atoms with E-state index in [0.717, 1.165) is 18.5 Å². The second-order valence-electron chi connectivity index (χ2n) is 4.09. The minimum absolute atomic E-state index is 0.442. The van der Waals surface area contributed by atoms with E-state index in [0.29, 0.717) is 23.6 Å². The lowest BCUT2D eigenvalue weighted by Crippen LogP contribution is -2.21. The number of ether oxygens (including phenoxy) is 1. The van der Waals surface area contributed by atoms with Crippen molar-refractivity contribution < 1.29 is 4.74 Å². The summed E-state index contributed by atoms with van der Waals surface area (Å²) in [6.07, 6.45) is 4.37. The molecular formula is C13H19ClN2O. The molecule has 0 aliphatic heterocycles. The van der Waals surface area contributed by atoms with E-state index >= 15 is 0 Å². The Labute approximate surface area is 108 Å². The molecule has 0 spiro atoms. The molecule has 1 aromatic rings. The van der Waals surface area contributed by atoms with Crippen molar-refractivity contribution >= 4 is 11.6 Å².